The molecular formula is C18H23N3O4. The Balaban J connectivity index is 1.81. The number of hydroxylamine groups is 1. The van der Waals surface area contributed by atoms with Gasteiger partial charge >= 0.3 is 6.09 Å². The average molecular weight is 345 g/mol. The molecule has 1 aliphatic rings. The number of hydrogen-bond acceptors (Lipinski definition) is 4. The van der Waals surface area contributed by atoms with Gasteiger partial charge in [-0.1, -0.05) is 0 Å². The van der Waals surface area contributed by atoms with Crippen LogP contribution in [0.15, 0.2) is 18.2 Å². The maximum absolute atomic E-state index is 12.0. The summed E-state index contributed by atoms with van der Waals surface area (Å²) in [6, 6.07) is 5.23. The summed E-state index contributed by atoms with van der Waals surface area (Å²) in [7, 11) is 0. The molecule has 7 nitrogen and oxygen atoms in total. The lowest BCUT2D eigenvalue weighted by molar-refractivity contribution is 0.0500. The van der Waals surface area contributed by atoms with Crippen LogP contribution >= 0.6 is 0 Å². The monoisotopic (exact) mass is 345 g/mol. The fraction of sp³-hybridized carbons (Fsp3) is 0.444. The molecule has 0 radical (unpaired) electrons. The highest BCUT2D eigenvalue weighted by molar-refractivity contribution is 5.98. The van der Waals surface area contributed by atoms with E-state index in [1.165, 1.54) is 0 Å². The van der Waals surface area contributed by atoms with Crippen molar-refractivity contribution >= 4 is 22.9 Å². The van der Waals surface area contributed by atoms with Gasteiger partial charge < -0.3 is 15.0 Å². The first-order chi connectivity index (χ1) is 11.8. The number of aryl methyl sites for hydroxylation is 1. The second-order valence-electron chi connectivity index (χ2n) is 7.37. The summed E-state index contributed by atoms with van der Waals surface area (Å²) in [5.74, 6) is -0.545. The van der Waals surface area contributed by atoms with Crippen molar-refractivity contribution in [1.29, 1.82) is 0 Å². The van der Waals surface area contributed by atoms with Gasteiger partial charge in [-0.3, -0.25) is 10.0 Å². The van der Waals surface area contributed by atoms with E-state index in [1.807, 2.05) is 26.8 Å². The third-order valence-corrected chi connectivity index (χ3v) is 4.27. The van der Waals surface area contributed by atoms with Crippen molar-refractivity contribution in [2.24, 2.45) is 0 Å². The van der Waals surface area contributed by atoms with E-state index in [2.05, 4.69) is 10.3 Å². The van der Waals surface area contributed by atoms with Crippen LogP contribution in [0.2, 0.25) is 0 Å². The number of fused-ring (bicyclic) bond motifs is 3. The largest absolute Gasteiger partial charge is 0.444 e. The van der Waals surface area contributed by atoms with Crippen LogP contribution < -0.4 is 10.8 Å². The number of nitrogens with one attached hydrogen (secondary N) is 3. The Labute approximate surface area is 145 Å². The zero-order chi connectivity index (χ0) is 18.2. The van der Waals surface area contributed by atoms with Crippen LogP contribution in [-0.4, -0.2) is 33.8 Å². The fourth-order valence-electron chi connectivity index (χ4n) is 3.22. The molecule has 4 N–H and O–H groups in total. The Kier molecular flexibility index (Phi) is 4.43. The summed E-state index contributed by atoms with van der Waals surface area (Å²) >= 11 is 0. The Bertz CT molecular complexity index is 820. The minimum atomic E-state index is -0.545. The predicted octanol–water partition coefficient (Wildman–Crippen LogP) is 2.67. The molecule has 1 aliphatic carbocycles. The molecule has 134 valence electrons. The summed E-state index contributed by atoms with van der Waals surface area (Å²) < 4.78 is 5.32. The van der Waals surface area contributed by atoms with Crippen molar-refractivity contribution in [1.82, 2.24) is 15.8 Å². The number of benzene rings is 1. The minimum absolute atomic E-state index is 0.0170. The molecule has 0 bridgehead atoms. The lowest BCUT2D eigenvalue weighted by Crippen LogP contribution is -2.41. The lowest BCUT2D eigenvalue weighted by atomic mass is 9.91. The summed E-state index contributed by atoms with van der Waals surface area (Å²) in [4.78, 5) is 27.0. The Morgan fingerprint density at radius 1 is 1.32 bits per heavy atom. The number of aromatic amines is 1. The van der Waals surface area contributed by atoms with Crippen LogP contribution in [0.1, 0.15) is 48.8 Å². The van der Waals surface area contributed by atoms with Gasteiger partial charge in [-0.25, -0.2) is 10.3 Å². The summed E-state index contributed by atoms with van der Waals surface area (Å²) in [6.07, 6.45) is 1.88. The standard InChI is InChI=1S/C18H23N3O4/c1-18(2,3)25-17(23)19-11-5-7-15-13(9-11)12-8-10(16(22)21-24)4-6-14(12)20-15/h4,6,8,11,20,24H,5,7,9H2,1-3H3,(H,19,23)(H,21,22). The van der Waals surface area contributed by atoms with Gasteiger partial charge in [0.1, 0.15) is 5.60 Å². The van der Waals surface area contributed by atoms with E-state index in [4.69, 9.17) is 9.94 Å². The Morgan fingerprint density at radius 3 is 2.76 bits per heavy atom. The van der Waals surface area contributed by atoms with E-state index in [-0.39, 0.29) is 6.04 Å². The summed E-state index contributed by atoms with van der Waals surface area (Å²) in [5.41, 5.74) is 4.67. The van der Waals surface area contributed by atoms with Crippen LogP contribution in [-0.2, 0) is 17.6 Å². The lowest BCUT2D eigenvalue weighted by Gasteiger charge is -2.26. The van der Waals surface area contributed by atoms with E-state index in [0.717, 1.165) is 35.0 Å². The molecule has 0 saturated heterocycles. The fourth-order valence-corrected chi connectivity index (χ4v) is 3.22. The first-order valence-corrected chi connectivity index (χ1v) is 8.34. The van der Waals surface area contributed by atoms with Crippen LogP contribution in [0.25, 0.3) is 10.9 Å². The number of aromatic nitrogens is 1. The molecule has 25 heavy (non-hydrogen) atoms. The number of amides is 2. The Hall–Kier alpha value is -2.54. The molecule has 1 unspecified atom stereocenters. The van der Waals surface area contributed by atoms with Crippen molar-refractivity contribution < 1.29 is 19.5 Å². The second-order valence-corrected chi connectivity index (χ2v) is 7.37. The molecule has 1 heterocycles. The van der Waals surface area contributed by atoms with Crippen molar-refractivity contribution in [3.63, 3.8) is 0 Å². The molecule has 1 aromatic heterocycles. The van der Waals surface area contributed by atoms with Gasteiger partial charge in [0.2, 0.25) is 0 Å². The molecule has 1 aromatic carbocycles. The van der Waals surface area contributed by atoms with Gasteiger partial charge in [-0.2, -0.15) is 0 Å². The van der Waals surface area contributed by atoms with Crippen LogP contribution in [0, 0.1) is 0 Å². The number of carbonyl (C=O) groups excluding carboxylic acids is 2. The highest BCUT2D eigenvalue weighted by Crippen LogP contribution is 2.30. The maximum atomic E-state index is 12.0. The number of carbonyl (C=O) groups is 2. The maximum Gasteiger partial charge on any atom is 0.407 e. The van der Waals surface area contributed by atoms with Crippen LogP contribution in [0.5, 0.6) is 0 Å². The van der Waals surface area contributed by atoms with E-state index in [0.29, 0.717) is 12.0 Å². The van der Waals surface area contributed by atoms with Gasteiger partial charge in [0.05, 0.1) is 0 Å². The second kappa shape index (κ2) is 6.40. The van der Waals surface area contributed by atoms with E-state index in [1.54, 1.807) is 17.6 Å². The molecule has 0 aliphatic heterocycles. The van der Waals surface area contributed by atoms with Crippen molar-refractivity contribution in [3.8, 4) is 0 Å². The zero-order valence-electron chi connectivity index (χ0n) is 14.6. The van der Waals surface area contributed by atoms with Crippen molar-refractivity contribution in [2.45, 2.75) is 51.7 Å². The molecule has 2 aromatic rings. The molecule has 7 heteroatoms. The highest BCUT2D eigenvalue weighted by Gasteiger charge is 2.26. The number of ether oxygens (including phenoxy) is 1. The average Bonchev–Trinajstić information content (AvgIpc) is 2.89. The number of alkyl carbamates (subject to hydrolysis) is 1. The first-order valence-electron chi connectivity index (χ1n) is 8.34. The van der Waals surface area contributed by atoms with E-state index >= 15 is 0 Å². The third-order valence-electron chi connectivity index (χ3n) is 4.27. The number of H-pyrrole nitrogens is 1. The molecule has 0 saturated carbocycles. The van der Waals surface area contributed by atoms with Crippen molar-refractivity contribution in [2.75, 3.05) is 0 Å². The SMILES string of the molecule is CC(C)(C)OC(=O)NC1CCc2[nH]c3ccc(C(=O)NO)cc3c2C1. The molecule has 2 amide bonds. The van der Waals surface area contributed by atoms with Gasteiger partial charge in [-0.15, -0.1) is 0 Å². The quantitative estimate of drug-likeness (QED) is 0.496. The molecule has 3 rings (SSSR count). The normalized spacial score (nSPS) is 17.0. The minimum Gasteiger partial charge on any atom is -0.444 e. The van der Waals surface area contributed by atoms with Crippen molar-refractivity contribution in [3.05, 3.63) is 35.0 Å². The number of rotatable bonds is 2. The third kappa shape index (κ3) is 3.76. The zero-order valence-corrected chi connectivity index (χ0v) is 14.6. The van der Waals surface area contributed by atoms with E-state index in [9.17, 15) is 9.59 Å². The molecule has 0 spiro atoms. The van der Waals surface area contributed by atoms with Crippen LogP contribution in [0.3, 0.4) is 0 Å². The Morgan fingerprint density at radius 2 is 2.08 bits per heavy atom. The van der Waals surface area contributed by atoms with E-state index < -0.39 is 17.6 Å². The first kappa shape index (κ1) is 17.3. The molecule has 1 atom stereocenters. The highest BCUT2D eigenvalue weighted by atomic mass is 16.6. The number of hydrogen-bond donors (Lipinski definition) is 4. The molecular weight excluding hydrogens is 322 g/mol. The summed E-state index contributed by atoms with van der Waals surface area (Å²) in [5, 5.41) is 12.7. The summed E-state index contributed by atoms with van der Waals surface area (Å²) in [6.45, 7) is 5.50. The van der Waals surface area contributed by atoms with Gasteiger partial charge in [0, 0.05) is 28.2 Å². The van der Waals surface area contributed by atoms with Gasteiger partial charge in [-0.05, 0) is 63.8 Å². The molecule has 0 fully saturated rings. The van der Waals surface area contributed by atoms with Gasteiger partial charge in [0.15, 0.2) is 0 Å². The topological polar surface area (TPSA) is 103 Å². The smallest absolute Gasteiger partial charge is 0.407 e. The van der Waals surface area contributed by atoms with Crippen LogP contribution in [0.4, 0.5) is 4.79 Å². The predicted molar refractivity (Wildman–Crippen MR) is 92.7 cm³/mol. The van der Waals surface area contributed by atoms with Gasteiger partial charge in [0.25, 0.3) is 5.91 Å².